The van der Waals surface area contributed by atoms with Crippen LogP contribution in [0.1, 0.15) is 28.8 Å². The summed E-state index contributed by atoms with van der Waals surface area (Å²) in [5, 5.41) is 12.3. The number of rotatable bonds is 2. The van der Waals surface area contributed by atoms with Gasteiger partial charge in [0, 0.05) is 11.3 Å². The Kier molecular flexibility index (Phi) is 3.19. The first-order valence-electron chi connectivity index (χ1n) is 8.55. The van der Waals surface area contributed by atoms with E-state index in [4.69, 9.17) is 4.98 Å². The van der Waals surface area contributed by atoms with Gasteiger partial charge in [-0.25, -0.2) is 0 Å². The van der Waals surface area contributed by atoms with Crippen LogP contribution in [-0.4, -0.2) is 10.1 Å². The average molecular weight is 323 g/mol. The van der Waals surface area contributed by atoms with E-state index in [-0.39, 0.29) is 5.92 Å². The summed E-state index contributed by atoms with van der Waals surface area (Å²) in [6, 6.07) is 28.7. The molecule has 1 heterocycles. The summed E-state index contributed by atoms with van der Waals surface area (Å²) in [5.41, 5.74) is 6.40. The maximum Gasteiger partial charge on any atom is 0.107 e. The first kappa shape index (κ1) is 14.4. The molecule has 0 aliphatic heterocycles. The second-order valence-corrected chi connectivity index (χ2v) is 6.53. The fraction of sp³-hybridized carbons (Fsp3) is 0.0870. The highest BCUT2D eigenvalue weighted by Crippen LogP contribution is 2.49. The van der Waals surface area contributed by atoms with E-state index in [1.807, 2.05) is 48.5 Å². The number of aliphatic hydroxyl groups is 1. The van der Waals surface area contributed by atoms with Gasteiger partial charge in [0.05, 0.1) is 11.2 Å². The van der Waals surface area contributed by atoms with Crippen LogP contribution in [0.3, 0.4) is 0 Å². The molecule has 2 heteroatoms. The van der Waals surface area contributed by atoms with Gasteiger partial charge in [-0.3, -0.25) is 4.98 Å². The van der Waals surface area contributed by atoms with Gasteiger partial charge in [0.2, 0.25) is 0 Å². The minimum absolute atomic E-state index is 0.0823. The third kappa shape index (κ3) is 2.19. The topological polar surface area (TPSA) is 33.1 Å². The number of pyridine rings is 1. The molecular formula is C23H17NO. The monoisotopic (exact) mass is 323 g/mol. The van der Waals surface area contributed by atoms with E-state index in [2.05, 4.69) is 36.4 Å². The summed E-state index contributed by atoms with van der Waals surface area (Å²) >= 11 is 0. The number of benzene rings is 3. The number of aromatic nitrogens is 1. The molecule has 1 atom stereocenters. The Labute approximate surface area is 146 Å². The molecule has 0 fully saturated rings. The smallest absolute Gasteiger partial charge is 0.107 e. The molecule has 2 nitrogen and oxygen atoms in total. The average Bonchev–Trinajstić information content (AvgIpc) is 3.01. The maximum absolute atomic E-state index is 11.2. The second kappa shape index (κ2) is 5.54. The Morgan fingerprint density at radius 1 is 0.680 bits per heavy atom. The normalized spacial score (nSPS) is 14.3. The summed E-state index contributed by atoms with van der Waals surface area (Å²) in [6.07, 6.45) is -0.672. The van der Waals surface area contributed by atoms with Crippen molar-refractivity contribution in [2.45, 2.75) is 12.0 Å². The third-order valence-corrected chi connectivity index (χ3v) is 5.12. The zero-order valence-corrected chi connectivity index (χ0v) is 13.6. The van der Waals surface area contributed by atoms with Crippen LogP contribution in [0.25, 0.3) is 22.0 Å². The van der Waals surface area contributed by atoms with Crippen LogP contribution >= 0.6 is 0 Å². The lowest BCUT2D eigenvalue weighted by Crippen LogP contribution is -2.11. The highest BCUT2D eigenvalue weighted by Gasteiger charge is 2.34. The summed E-state index contributed by atoms with van der Waals surface area (Å²) < 4.78 is 0. The van der Waals surface area contributed by atoms with E-state index in [0.717, 1.165) is 16.6 Å². The molecule has 1 aromatic heterocycles. The Hall–Kier alpha value is -2.97. The molecule has 120 valence electrons. The van der Waals surface area contributed by atoms with Crippen molar-refractivity contribution in [2.24, 2.45) is 0 Å². The summed E-state index contributed by atoms with van der Waals surface area (Å²) in [7, 11) is 0. The van der Waals surface area contributed by atoms with Gasteiger partial charge in [-0.2, -0.15) is 0 Å². The number of nitrogens with zero attached hydrogens (tertiary/aromatic N) is 1. The molecule has 1 aliphatic rings. The van der Waals surface area contributed by atoms with Crippen molar-refractivity contribution in [1.29, 1.82) is 0 Å². The first-order valence-corrected chi connectivity index (χ1v) is 8.55. The van der Waals surface area contributed by atoms with E-state index >= 15 is 0 Å². The van der Waals surface area contributed by atoms with Gasteiger partial charge in [0.1, 0.15) is 6.10 Å². The minimum atomic E-state index is -0.672. The van der Waals surface area contributed by atoms with Crippen molar-refractivity contribution in [3.63, 3.8) is 0 Å². The quantitative estimate of drug-likeness (QED) is 0.558. The Balaban J connectivity index is 1.66. The molecule has 0 saturated carbocycles. The van der Waals surface area contributed by atoms with Crippen LogP contribution in [-0.2, 0) is 0 Å². The van der Waals surface area contributed by atoms with Crippen LogP contribution < -0.4 is 0 Å². The zero-order valence-electron chi connectivity index (χ0n) is 13.6. The lowest BCUT2D eigenvalue weighted by Gasteiger charge is -2.20. The van der Waals surface area contributed by atoms with Crippen molar-refractivity contribution >= 4 is 10.9 Å². The molecule has 1 aliphatic carbocycles. The molecule has 0 radical (unpaired) electrons. The van der Waals surface area contributed by atoms with Crippen LogP contribution in [0.2, 0.25) is 0 Å². The summed E-state index contributed by atoms with van der Waals surface area (Å²) in [4.78, 5) is 4.72. The van der Waals surface area contributed by atoms with Crippen molar-refractivity contribution in [1.82, 2.24) is 4.98 Å². The summed E-state index contributed by atoms with van der Waals surface area (Å²) in [6.45, 7) is 0. The molecule has 1 N–H and O–H groups in total. The summed E-state index contributed by atoms with van der Waals surface area (Å²) in [5.74, 6) is -0.0823. The minimum Gasteiger partial charge on any atom is -0.386 e. The van der Waals surface area contributed by atoms with Gasteiger partial charge in [-0.15, -0.1) is 0 Å². The lowest BCUT2D eigenvalue weighted by molar-refractivity contribution is 0.156. The van der Waals surface area contributed by atoms with E-state index in [9.17, 15) is 5.11 Å². The van der Waals surface area contributed by atoms with Gasteiger partial charge < -0.3 is 5.11 Å². The predicted molar refractivity (Wildman–Crippen MR) is 100 cm³/mol. The van der Waals surface area contributed by atoms with Crippen LogP contribution in [0.15, 0.2) is 84.9 Å². The predicted octanol–water partition coefficient (Wildman–Crippen LogP) is 5.08. The largest absolute Gasteiger partial charge is 0.386 e. The SMILES string of the molecule is OC(c1ccc2ccccc2n1)C1c2ccccc2-c2ccccc21. The standard InChI is InChI=1S/C23H17NO/c25-23(21-14-13-15-7-1-6-12-20(15)24-21)22-18-10-4-2-8-16(18)17-9-3-5-11-19(17)22/h1-14,22-23,25H. The molecule has 0 spiro atoms. The van der Waals surface area contributed by atoms with Gasteiger partial charge >= 0.3 is 0 Å². The van der Waals surface area contributed by atoms with Crippen LogP contribution in [0, 0.1) is 0 Å². The van der Waals surface area contributed by atoms with Gasteiger partial charge in [0.25, 0.3) is 0 Å². The van der Waals surface area contributed by atoms with Crippen molar-refractivity contribution in [3.05, 3.63) is 102 Å². The molecule has 0 amide bonds. The molecule has 4 aromatic rings. The fourth-order valence-corrected chi connectivity index (χ4v) is 3.95. The number of aliphatic hydroxyl groups excluding tert-OH is 1. The van der Waals surface area contributed by atoms with Crippen molar-refractivity contribution in [2.75, 3.05) is 0 Å². The van der Waals surface area contributed by atoms with Gasteiger partial charge in [0.15, 0.2) is 0 Å². The van der Waals surface area contributed by atoms with E-state index in [0.29, 0.717) is 0 Å². The molecular weight excluding hydrogens is 306 g/mol. The van der Waals surface area contributed by atoms with Crippen molar-refractivity contribution in [3.8, 4) is 11.1 Å². The number of para-hydroxylation sites is 1. The van der Waals surface area contributed by atoms with E-state index in [1.165, 1.54) is 22.3 Å². The van der Waals surface area contributed by atoms with Crippen LogP contribution in [0.4, 0.5) is 0 Å². The Morgan fingerprint density at radius 2 is 1.28 bits per heavy atom. The molecule has 1 unspecified atom stereocenters. The molecule has 0 saturated heterocycles. The maximum atomic E-state index is 11.2. The molecule has 3 aromatic carbocycles. The molecule has 5 rings (SSSR count). The fourth-order valence-electron chi connectivity index (χ4n) is 3.95. The highest BCUT2D eigenvalue weighted by molar-refractivity contribution is 5.80. The highest BCUT2D eigenvalue weighted by atomic mass is 16.3. The number of fused-ring (bicyclic) bond motifs is 4. The Morgan fingerprint density at radius 3 is 2.00 bits per heavy atom. The van der Waals surface area contributed by atoms with E-state index < -0.39 is 6.10 Å². The third-order valence-electron chi connectivity index (χ3n) is 5.12. The second-order valence-electron chi connectivity index (χ2n) is 6.53. The lowest BCUT2D eigenvalue weighted by atomic mass is 9.89. The number of hydrogen-bond acceptors (Lipinski definition) is 2. The number of hydrogen-bond donors (Lipinski definition) is 1. The zero-order chi connectivity index (χ0) is 16.8. The van der Waals surface area contributed by atoms with E-state index in [1.54, 1.807) is 0 Å². The Bertz CT molecular complexity index is 1040. The van der Waals surface area contributed by atoms with Gasteiger partial charge in [-0.1, -0.05) is 72.8 Å². The molecule has 0 bridgehead atoms. The van der Waals surface area contributed by atoms with Gasteiger partial charge in [-0.05, 0) is 34.4 Å². The van der Waals surface area contributed by atoms with Crippen LogP contribution in [0.5, 0.6) is 0 Å². The first-order chi connectivity index (χ1) is 12.3. The van der Waals surface area contributed by atoms with Crippen molar-refractivity contribution < 1.29 is 5.11 Å². The molecule has 25 heavy (non-hydrogen) atoms.